The molecule has 0 radical (unpaired) electrons. The highest BCUT2D eigenvalue weighted by Gasteiger charge is 2.27. The van der Waals surface area contributed by atoms with Gasteiger partial charge in [-0.1, -0.05) is 43.6 Å². The molecule has 0 fully saturated rings. The van der Waals surface area contributed by atoms with Crippen LogP contribution in [0.1, 0.15) is 27.2 Å². The average Bonchev–Trinajstić information content (AvgIpc) is 2.71. The van der Waals surface area contributed by atoms with Crippen LogP contribution >= 0.6 is 11.6 Å². The van der Waals surface area contributed by atoms with Crippen LogP contribution in [0, 0.1) is 5.92 Å². The van der Waals surface area contributed by atoms with Crippen LogP contribution in [0.15, 0.2) is 64.6 Å². The van der Waals surface area contributed by atoms with E-state index in [1.54, 1.807) is 42.5 Å². The Bertz CT molecular complexity index is 929. The molecule has 0 saturated carbocycles. The van der Waals surface area contributed by atoms with Gasteiger partial charge in [-0.15, -0.1) is 0 Å². The third-order valence-corrected chi connectivity index (χ3v) is 6.46. The number of nitrogens with one attached hydrogen (secondary N) is 1. The van der Waals surface area contributed by atoms with Crippen molar-refractivity contribution < 1.29 is 13.2 Å². The molecule has 1 N–H and O–H groups in total. The molecule has 6 nitrogen and oxygen atoms in total. The third kappa shape index (κ3) is 5.56. The Kier molecular flexibility index (Phi) is 7.60. The van der Waals surface area contributed by atoms with E-state index in [-0.39, 0.29) is 10.8 Å². The summed E-state index contributed by atoms with van der Waals surface area (Å²) in [6.07, 6.45) is 0.893. The monoisotopic (exact) mass is 421 g/mol. The first-order chi connectivity index (χ1) is 13.3. The van der Waals surface area contributed by atoms with E-state index in [0.717, 1.165) is 16.4 Å². The smallest absolute Gasteiger partial charge is 0.264 e. The second-order valence-corrected chi connectivity index (χ2v) is 8.70. The molecule has 0 heterocycles. The van der Waals surface area contributed by atoms with Crippen LogP contribution < -0.4 is 9.73 Å². The maximum absolute atomic E-state index is 13.1. The molecular formula is C20H24ClN3O3S. The van der Waals surface area contributed by atoms with Gasteiger partial charge in [0, 0.05) is 10.7 Å². The molecule has 0 aliphatic carbocycles. The molecule has 1 amide bonds. The van der Waals surface area contributed by atoms with E-state index < -0.39 is 22.5 Å². The fourth-order valence-corrected chi connectivity index (χ4v) is 3.93. The topological polar surface area (TPSA) is 78.8 Å². The number of hydrogen-bond donors (Lipinski definition) is 1. The zero-order valence-corrected chi connectivity index (χ0v) is 17.7. The largest absolute Gasteiger partial charge is 0.271 e. The van der Waals surface area contributed by atoms with Crippen molar-refractivity contribution in [1.82, 2.24) is 5.43 Å². The van der Waals surface area contributed by atoms with Crippen molar-refractivity contribution in [3.8, 4) is 0 Å². The highest BCUT2D eigenvalue weighted by Crippen LogP contribution is 2.25. The van der Waals surface area contributed by atoms with Gasteiger partial charge in [0.2, 0.25) is 0 Å². The number of carbonyl (C=O) groups is 1. The Morgan fingerprint density at radius 3 is 2.32 bits per heavy atom. The summed E-state index contributed by atoms with van der Waals surface area (Å²) >= 11 is 5.92. The molecule has 0 saturated heterocycles. The summed E-state index contributed by atoms with van der Waals surface area (Å²) in [5.74, 6) is -0.308. The molecule has 0 bridgehead atoms. The fraction of sp³-hybridized carbons (Fsp3) is 0.300. The van der Waals surface area contributed by atoms with E-state index in [9.17, 15) is 13.2 Å². The van der Waals surface area contributed by atoms with E-state index in [2.05, 4.69) is 10.5 Å². The molecule has 0 aliphatic heterocycles. The lowest BCUT2D eigenvalue weighted by Crippen LogP contribution is -2.39. The van der Waals surface area contributed by atoms with Crippen LogP contribution in [0.25, 0.3) is 0 Å². The van der Waals surface area contributed by atoms with Gasteiger partial charge in [0.05, 0.1) is 10.6 Å². The van der Waals surface area contributed by atoms with Gasteiger partial charge >= 0.3 is 0 Å². The van der Waals surface area contributed by atoms with Gasteiger partial charge in [0.1, 0.15) is 6.54 Å². The Morgan fingerprint density at radius 2 is 1.75 bits per heavy atom. The third-order valence-electron chi connectivity index (χ3n) is 4.42. The van der Waals surface area contributed by atoms with Gasteiger partial charge < -0.3 is 0 Å². The zero-order chi connectivity index (χ0) is 20.7. The number of hydrazone groups is 1. The summed E-state index contributed by atoms with van der Waals surface area (Å²) < 4.78 is 27.3. The van der Waals surface area contributed by atoms with Gasteiger partial charge in [-0.3, -0.25) is 9.10 Å². The van der Waals surface area contributed by atoms with Crippen LogP contribution in [0.5, 0.6) is 0 Å². The molecule has 2 rings (SSSR count). The van der Waals surface area contributed by atoms with Gasteiger partial charge in [0.25, 0.3) is 15.9 Å². The van der Waals surface area contributed by atoms with Crippen LogP contribution in [0.3, 0.4) is 0 Å². The average molecular weight is 422 g/mol. The first kappa shape index (κ1) is 21.9. The minimum absolute atomic E-state index is 0.0945. The molecule has 28 heavy (non-hydrogen) atoms. The van der Waals surface area contributed by atoms with Crippen LogP contribution in [-0.4, -0.2) is 26.6 Å². The maximum atomic E-state index is 13.1. The Hall–Kier alpha value is -2.38. The van der Waals surface area contributed by atoms with Crippen LogP contribution in [0.4, 0.5) is 5.69 Å². The van der Waals surface area contributed by atoms with E-state index in [1.807, 2.05) is 20.8 Å². The number of hydrogen-bond acceptors (Lipinski definition) is 4. The minimum atomic E-state index is -3.94. The summed E-state index contributed by atoms with van der Waals surface area (Å²) in [4.78, 5) is 12.5. The van der Waals surface area contributed by atoms with Crippen molar-refractivity contribution in [1.29, 1.82) is 0 Å². The summed E-state index contributed by atoms with van der Waals surface area (Å²) in [7, 11) is -3.94. The van der Waals surface area contributed by atoms with Crippen molar-refractivity contribution in [2.24, 2.45) is 11.0 Å². The quantitative estimate of drug-likeness (QED) is 0.515. The van der Waals surface area contributed by atoms with E-state index in [1.165, 1.54) is 12.1 Å². The molecule has 1 atom stereocenters. The van der Waals surface area contributed by atoms with Crippen molar-refractivity contribution in [2.75, 3.05) is 10.8 Å². The lowest BCUT2D eigenvalue weighted by atomic mass is 10.1. The number of benzene rings is 2. The van der Waals surface area contributed by atoms with Gasteiger partial charge in [-0.05, 0) is 55.7 Å². The standard InChI is InChI=1S/C20H24ClN3O3S/c1-4-15(2)16(3)22-23-20(25)14-24(18-12-10-17(21)11-13-18)28(26,27)19-8-6-5-7-9-19/h5-13,15H,4,14H2,1-3H3,(H,23,25)/b22-16+. The lowest BCUT2D eigenvalue weighted by Gasteiger charge is -2.23. The summed E-state index contributed by atoms with van der Waals surface area (Å²) in [6.45, 7) is 5.45. The summed E-state index contributed by atoms with van der Waals surface area (Å²) in [6, 6.07) is 14.2. The number of nitrogens with zero attached hydrogens (tertiary/aromatic N) is 2. The van der Waals surface area contributed by atoms with Crippen LogP contribution in [-0.2, 0) is 14.8 Å². The molecule has 8 heteroatoms. The first-order valence-electron chi connectivity index (χ1n) is 8.92. The Morgan fingerprint density at radius 1 is 1.14 bits per heavy atom. The molecule has 1 unspecified atom stereocenters. The van der Waals surface area contributed by atoms with E-state index in [4.69, 9.17) is 11.6 Å². The highest BCUT2D eigenvalue weighted by molar-refractivity contribution is 7.92. The highest BCUT2D eigenvalue weighted by atomic mass is 35.5. The zero-order valence-electron chi connectivity index (χ0n) is 16.1. The van der Waals surface area contributed by atoms with E-state index >= 15 is 0 Å². The number of anilines is 1. The molecule has 0 spiro atoms. The number of rotatable bonds is 8. The molecule has 0 aromatic heterocycles. The maximum Gasteiger partial charge on any atom is 0.264 e. The Balaban J connectivity index is 2.32. The van der Waals surface area contributed by atoms with Gasteiger partial charge in [-0.25, -0.2) is 13.8 Å². The Labute approximate surface area is 171 Å². The van der Waals surface area contributed by atoms with Gasteiger partial charge in [-0.2, -0.15) is 5.10 Å². The predicted molar refractivity (Wildman–Crippen MR) is 113 cm³/mol. The number of halogens is 1. The number of carbonyl (C=O) groups excluding carboxylic acids is 1. The summed E-state index contributed by atoms with van der Waals surface area (Å²) in [5, 5.41) is 4.56. The predicted octanol–water partition coefficient (Wildman–Crippen LogP) is 4.07. The van der Waals surface area contributed by atoms with Crippen molar-refractivity contribution in [3.05, 3.63) is 59.6 Å². The minimum Gasteiger partial charge on any atom is -0.271 e. The van der Waals surface area contributed by atoms with Crippen molar-refractivity contribution >= 4 is 38.9 Å². The summed E-state index contributed by atoms with van der Waals surface area (Å²) in [5.41, 5.74) is 3.57. The number of amides is 1. The van der Waals surface area contributed by atoms with Crippen molar-refractivity contribution in [2.45, 2.75) is 32.1 Å². The second-order valence-electron chi connectivity index (χ2n) is 6.40. The first-order valence-corrected chi connectivity index (χ1v) is 10.7. The van der Waals surface area contributed by atoms with Crippen LogP contribution in [0.2, 0.25) is 5.02 Å². The molecule has 0 aliphatic rings. The number of sulfonamides is 1. The molecule has 2 aromatic carbocycles. The molecular weight excluding hydrogens is 398 g/mol. The molecule has 2 aromatic rings. The lowest BCUT2D eigenvalue weighted by molar-refractivity contribution is -0.119. The van der Waals surface area contributed by atoms with E-state index in [0.29, 0.717) is 10.7 Å². The SMILES string of the molecule is CCC(C)/C(C)=N/NC(=O)CN(c1ccc(Cl)cc1)S(=O)(=O)c1ccccc1. The normalized spacial score (nSPS) is 13.1. The second kappa shape index (κ2) is 9.71. The van der Waals surface area contributed by atoms with Gasteiger partial charge in [0.15, 0.2) is 0 Å². The van der Waals surface area contributed by atoms with Crippen molar-refractivity contribution in [3.63, 3.8) is 0 Å². The molecule has 150 valence electrons. The fourth-order valence-electron chi connectivity index (χ4n) is 2.36.